The van der Waals surface area contributed by atoms with Crippen LogP contribution in [0.25, 0.3) is 11.0 Å². The zero-order valence-corrected chi connectivity index (χ0v) is 23.8. The molecule has 39 heavy (non-hydrogen) atoms. The molecule has 4 rings (SSSR count). The molecule has 1 N–H and O–H groups in total. The number of rotatable bonds is 13. The Hall–Kier alpha value is -3.71. The molecule has 0 unspecified atom stereocenters. The van der Waals surface area contributed by atoms with E-state index < -0.39 is 0 Å². The van der Waals surface area contributed by atoms with Crippen molar-refractivity contribution in [1.82, 2.24) is 14.9 Å². The number of nitrogens with one attached hydrogen (secondary N) is 1. The number of carbonyl (C=O) groups is 1. The van der Waals surface area contributed by atoms with Crippen LogP contribution in [0, 0.1) is 13.8 Å². The van der Waals surface area contributed by atoms with Crippen molar-refractivity contribution in [3.8, 4) is 17.2 Å². The van der Waals surface area contributed by atoms with Crippen LogP contribution in [0.4, 0.5) is 0 Å². The van der Waals surface area contributed by atoms with Gasteiger partial charge in [0, 0.05) is 23.6 Å². The van der Waals surface area contributed by atoms with E-state index in [1.54, 1.807) is 32.4 Å². The second-order valence-electron chi connectivity index (χ2n) is 9.52. The third kappa shape index (κ3) is 7.03. The summed E-state index contributed by atoms with van der Waals surface area (Å²) < 4.78 is 18.9. The molecule has 4 aromatic rings. The quantitative estimate of drug-likeness (QED) is 0.191. The minimum Gasteiger partial charge on any atom is -0.493 e. The number of nitrogens with zero attached hydrogens (tertiary/aromatic N) is 2. The highest BCUT2D eigenvalue weighted by Gasteiger charge is 2.12. The van der Waals surface area contributed by atoms with Gasteiger partial charge in [0.2, 0.25) is 0 Å². The zero-order chi connectivity index (χ0) is 27.8. The maximum atomic E-state index is 12.5. The fourth-order valence-electron chi connectivity index (χ4n) is 4.68. The molecule has 0 aliphatic rings. The molecular weight excluding hydrogens is 514 g/mol. The monoisotopic (exact) mass is 549 g/mol. The summed E-state index contributed by atoms with van der Waals surface area (Å²) in [4.78, 5) is 17.4. The summed E-state index contributed by atoms with van der Waals surface area (Å²) in [6.07, 6.45) is 3.70. The average Bonchev–Trinajstić information content (AvgIpc) is 3.30. The smallest absolute Gasteiger partial charge is 0.251 e. The number of hydrogen-bond acceptors (Lipinski definition) is 5. The highest BCUT2D eigenvalue weighted by atomic mass is 35.5. The number of carbonyl (C=O) groups excluding carboxylic acids is 1. The number of halogens is 1. The van der Waals surface area contributed by atoms with Gasteiger partial charge in [0.1, 0.15) is 18.2 Å². The Labute approximate surface area is 235 Å². The zero-order valence-electron chi connectivity index (χ0n) is 23.1. The van der Waals surface area contributed by atoms with E-state index in [9.17, 15) is 4.79 Å². The lowest BCUT2D eigenvalue weighted by molar-refractivity contribution is 0.0952. The van der Waals surface area contributed by atoms with Crippen LogP contribution in [0.15, 0.2) is 54.6 Å². The molecule has 3 aromatic carbocycles. The van der Waals surface area contributed by atoms with Crippen molar-refractivity contribution >= 4 is 28.5 Å². The van der Waals surface area contributed by atoms with Crippen LogP contribution >= 0.6 is 11.6 Å². The summed E-state index contributed by atoms with van der Waals surface area (Å²) in [6.45, 7) is 5.84. The predicted molar refractivity (Wildman–Crippen MR) is 156 cm³/mol. The van der Waals surface area contributed by atoms with Gasteiger partial charge >= 0.3 is 0 Å². The Morgan fingerprint density at radius 1 is 0.949 bits per heavy atom. The summed E-state index contributed by atoms with van der Waals surface area (Å²) in [7, 11) is 3.13. The summed E-state index contributed by atoms with van der Waals surface area (Å²) in [5.41, 5.74) is 4.68. The Kier molecular flexibility index (Phi) is 9.71. The Morgan fingerprint density at radius 2 is 1.69 bits per heavy atom. The van der Waals surface area contributed by atoms with Gasteiger partial charge in [-0.15, -0.1) is 0 Å². The Morgan fingerprint density at radius 3 is 2.44 bits per heavy atom. The lowest BCUT2D eigenvalue weighted by atomic mass is 10.1. The second kappa shape index (κ2) is 13.4. The normalized spacial score (nSPS) is 11.0. The number of hydrogen-bond donors (Lipinski definition) is 1. The van der Waals surface area contributed by atoms with Crippen LogP contribution in [0.2, 0.25) is 5.02 Å². The number of methoxy groups -OCH3 is 2. The van der Waals surface area contributed by atoms with E-state index in [1.165, 1.54) is 0 Å². The summed E-state index contributed by atoms with van der Waals surface area (Å²) in [6, 6.07) is 17.3. The first kappa shape index (κ1) is 28.3. The van der Waals surface area contributed by atoms with E-state index in [0.29, 0.717) is 36.8 Å². The van der Waals surface area contributed by atoms with Gasteiger partial charge in [-0.2, -0.15) is 0 Å². The number of imidazole rings is 1. The number of aromatic nitrogens is 2. The van der Waals surface area contributed by atoms with Crippen molar-refractivity contribution in [3.05, 3.63) is 82.1 Å². The van der Waals surface area contributed by atoms with E-state index in [0.717, 1.165) is 64.4 Å². The molecule has 1 heterocycles. The number of para-hydroxylation sites is 2. The summed E-state index contributed by atoms with van der Waals surface area (Å²) in [5, 5.41) is 3.78. The predicted octanol–water partition coefficient (Wildman–Crippen LogP) is 6.55. The highest BCUT2D eigenvalue weighted by molar-refractivity contribution is 6.32. The molecule has 0 atom stereocenters. The first-order chi connectivity index (χ1) is 18.9. The fraction of sp³-hybridized carbons (Fsp3) is 0.355. The fourth-order valence-corrected chi connectivity index (χ4v) is 4.79. The molecule has 0 spiro atoms. The summed E-state index contributed by atoms with van der Waals surface area (Å²) in [5.74, 6) is 2.90. The number of aryl methyl sites for hydroxylation is 3. The standard InChI is InChI=1S/C31H36ClN3O4/c1-21-18-24(19-22(2)30(21)32)39-17-16-35-26-11-8-7-10-25(26)34-29(35)12-6-5-9-15-33-31(36)23-13-14-27(37-3)28(20-23)38-4/h7-8,10-11,13-14,18-20H,5-6,9,12,15-17H2,1-4H3,(H,33,36). The number of ether oxygens (including phenoxy) is 3. The van der Waals surface area contributed by atoms with Crippen LogP contribution in [0.5, 0.6) is 17.2 Å². The van der Waals surface area contributed by atoms with Crippen molar-refractivity contribution in [2.45, 2.75) is 46.1 Å². The van der Waals surface area contributed by atoms with Gasteiger partial charge in [0.05, 0.1) is 31.8 Å². The first-order valence-corrected chi connectivity index (χ1v) is 13.6. The van der Waals surface area contributed by atoms with Gasteiger partial charge in [-0.05, 0) is 80.3 Å². The van der Waals surface area contributed by atoms with Crippen LogP contribution in [-0.2, 0) is 13.0 Å². The van der Waals surface area contributed by atoms with E-state index in [2.05, 4.69) is 16.0 Å². The van der Waals surface area contributed by atoms with E-state index in [1.807, 2.05) is 44.2 Å². The molecule has 0 fully saturated rings. The lowest BCUT2D eigenvalue weighted by Gasteiger charge is -2.13. The topological polar surface area (TPSA) is 74.6 Å². The van der Waals surface area contributed by atoms with Crippen molar-refractivity contribution in [1.29, 1.82) is 0 Å². The molecule has 1 amide bonds. The molecule has 1 aromatic heterocycles. The molecule has 0 aliphatic carbocycles. The van der Waals surface area contributed by atoms with Crippen molar-refractivity contribution in [3.63, 3.8) is 0 Å². The van der Waals surface area contributed by atoms with Crippen LogP contribution < -0.4 is 19.5 Å². The largest absolute Gasteiger partial charge is 0.493 e. The molecule has 0 aliphatic heterocycles. The third-order valence-electron chi connectivity index (χ3n) is 6.74. The number of amides is 1. The number of unbranched alkanes of at least 4 members (excludes halogenated alkanes) is 2. The lowest BCUT2D eigenvalue weighted by Crippen LogP contribution is -2.24. The molecule has 0 saturated heterocycles. The average molecular weight is 550 g/mol. The molecule has 0 saturated carbocycles. The Balaban J connectivity index is 1.28. The number of fused-ring (bicyclic) bond motifs is 1. The maximum absolute atomic E-state index is 12.5. The van der Waals surface area contributed by atoms with Gasteiger partial charge < -0.3 is 24.1 Å². The van der Waals surface area contributed by atoms with Crippen LogP contribution in [0.1, 0.15) is 46.6 Å². The number of benzene rings is 3. The van der Waals surface area contributed by atoms with E-state index in [-0.39, 0.29) is 5.91 Å². The maximum Gasteiger partial charge on any atom is 0.251 e. The van der Waals surface area contributed by atoms with E-state index in [4.69, 9.17) is 30.8 Å². The van der Waals surface area contributed by atoms with Gasteiger partial charge in [0.25, 0.3) is 5.91 Å². The molecule has 7 nitrogen and oxygen atoms in total. The van der Waals surface area contributed by atoms with Crippen LogP contribution in [-0.4, -0.2) is 42.8 Å². The molecule has 8 heteroatoms. The Bertz CT molecular complexity index is 1410. The van der Waals surface area contributed by atoms with Gasteiger partial charge in [-0.25, -0.2) is 4.98 Å². The van der Waals surface area contributed by atoms with Gasteiger partial charge in [-0.1, -0.05) is 30.2 Å². The molecule has 0 radical (unpaired) electrons. The summed E-state index contributed by atoms with van der Waals surface area (Å²) >= 11 is 6.30. The van der Waals surface area contributed by atoms with Gasteiger partial charge in [0.15, 0.2) is 11.5 Å². The van der Waals surface area contributed by atoms with Crippen LogP contribution in [0.3, 0.4) is 0 Å². The molecule has 206 valence electrons. The SMILES string of the molecule is COc1ccc(C(=O)NCCCCCc2nc3ccccc3n2CCOc2cc(C)c(Cl)c(C)c2)cc1OC. The van der Waals surface area contributed by atoms with Crippen molar-refractivity contribution in [2.24, 2.45) is 0 Å². The van der Waals surface area contributed by atoms with E-state index >= 15 is 0 Å². The second-order valence-corrected chi connectivity index (χ2v) is 9.90. The minimum absolute atomic E-state index is 0.121. The third-order valence-corrected chi connectivity index (χ3v) is 7.33. The molecule has 0 bridgehead atoms. The van der Waals surface area contributed by atoms with Crippen molar-refractivity contribution in [2.75, 3.05) is 27.4 Å². The highest BCUT2D eigenvalue weighted by Crippen LogP contribution is 2.28. The van der Waals surface area contributed by atoms with Gasteiger partial charge in [-0.3, -0.25) is 4.79 Å². The first-order valence-electron chi connectivity index (χ1n) is 13.2. The minimum atomic E-state index is -0.121. The van der Waals surface area contributed by atoms with Crippen molar-refractivity contribution < 1.29 is 19.0 Å². The molecular formula is C31H36ClN3O4.